The maximum atomic E-state index is 3.89. The predicted molar refractivity (Wildman–Crippen MR) is 202 cm³/mol. The van der Waals surface area contributed by atoms with Crippen LogP contribution in [0.3, 0.4) is 0 Å². The third-order valence-electron chi connectivity index (χ3n) is 10.1. The first kappa shape index (κ1) is 30.9. The number of hydrogen-bond acceptors (Lipinski definition) is 0. The molecule has 0 aliphatic heterocycles. The van der Waals surface area contributed by atoms with Gasteiger partial charge < -0.3 is 0 Å². The summed E-state index contributed by atoms with van der Waals surface area (Å²) in [7, 11) is 2.23. The number of benzene rings is 4. The van der Waals surface area contributed by atoms with Crippen molar-refractivity contribution in [3.63, 3.8) is 0 Å². The van der Waals surface area contributed by atoms with Crippen molar-refractivity contribution in [2.45, 2.75) is 60.2 Å². The first-order valence-corrected chi connectivity index (χ1v) is 19.5. The lowest BCUT2D eigenvalue weighted by atomic mass is 9.32. The first-order chi connectivity index (χ1) is 19.8. The van der Waals surface area contributed by atoms with E-state index in [1.165, 1.54) is 32.2 Å². The Labute approximate surface area is 307 Å². The molecule has 4 aliphatic rings. The highest BCUT2D eigenvalue weighted by Crippen LogP contribution is 2.75. The van der Waals surface area contributed by atoms with E-state index in [-0.39, 0.29) is 21.7 Å². The molecule has 4 aliphatic carbocycles. The molecule has 4 bridgehead atoms. The Balaban J connectivity index is 1.57. The lowest BCUT2D eigenvalue weighted by molar-refractivity contribution is -0.0692. The van der Waals surface area contributed by atoms with E-state index < -0.39 is 0 Å². The van der Waals surface area contributed by atoms with Crippen LogP contribution in [0.5, 0.6) is 0 Å². The quantitative estimate of drug-likeness (QED) is 0.179. The van der Waals surface area contributed by atoms with Crippen LogP contribution in [0.15, 0.2) is 104 Å². The van der Waals surface area contributed by atoms with E-state index in [2.05, 4.69) is 192 Å². The Morgan fingerprint density at radius 1 is 0.333 bits per heavy atom. The van der Waals surface area contributed by atoms with Crippen LogP contribution >= 0.6 is 112 Å². The maximum Gasteiger partial charge on any atom is 0.139 e. The first-order valence-electron chi connectivity index (χ1n) is 14.0. The molecule has 214 valence electrons. The van der Waals surface area contributed by atoms with Gasteiger partial charge in [0, 0.05) is 31.3 Å². The van der Waals surface area contributed by atoms with E-state index in [0.29, 0.717) is 0 Å². The summed E-state index contributed by atoms with van der Waals surface area (Å²) >= 11 is 27.1. The molecule has 8 rings (SSSR count). The molecule has 4 fully saturated rings. The molecule has 0 unspecified atom stereocenters. The molecular formula is C34H26BBr7. The van der Waals surface area contributed by atoms with Crippen LogP contribution < -0.4 is 5.46 Å². The summed E-state index contributed by atoms with van der Waals surface area (Å²) in [5.41, 5.74) is 7.13. The van der Waals surface area contributed by atoms with Gasteiger partial charge in [-0.3, -0.25) is 0 Å². The monoisotopic (exact) mass is 998 g/mol. The average Bonchev–Trinajstić information content (AvgIpc) is 2.86. The third-order valence-corrected chi connectivity index (χ3v) is 13.3. The number of rotatable bonds is 4. The van der Waals surface area contributed by atoms with Gasteiger partial charge >= 0.3 is 0 Å². The molecule has 0 heterocycles. The highest BCUT2D eigenvalue weighted by Gasteiger charge is 2.69. The van der Waals surface area contributed by atoms with Crippen LogP contribution in [0, 0.1) is 0 Å². The summed E-state index contributed by atoms with van der Waals surface area (Å²) in [6.45, 7) is 0. The average molecular weight is 1000 g/mol. The fourth-order valence-electron chi connectivity index (χ4n) is 9.48. The topological polar surface area (TPSA) is 0 Å². The van der Waals surface area contributed by atoms with Crippen LogP contribution in [0.4, 0.5) is 0 Å². The van der Waals surface area contributed by atoms with Crippen molar-refractivity contribution in [1.29, 1.82) is 0 Å². The Hall–Kier alpha value is 0.305. The molecule has 0 saturated heterocycles. The van der Waals surface area contributed by atoms with Crippen molar-refractivity contribution >= 4 is 125 Å². The molecule has 0 N–H and O–H groups in total. The predicted octanol–water partition coefficient (Wildman–Crippen LogP) is 11.7. The maximum absolute atomic E-state index is 3.89. The minimum Gasteiger partial charge on any atom is -0.0876 e. The molecule has 4 aromatic carbocycles. The van der Waals surface area contributed by atoms with E-state index >= 15 is 0 Å². The standard InChI is InChI=1S/C34H26BBr7/c35-23-1-19(2-24(36)9-23)31-13-32(20-3-25(37)10-26(38)4-20)16-33(14-31,21-5-27(39)11-28(40)6-21)18-34(15-31,17-32)22-7-29(41)12-30(42)8-22/h1-12H,13-18,35H2. The van der Waals surface area contributed by atoms with E-state index in [1.807, 2.05) is 0 Å². The fourth-order valence-corrected chi connectivity index (χ4v) is 14.0. The van der Waals surface area contributed by atoms with Gasteiger partial charge in [-0.05, 0) is 143 Å². The smallest absolute Gasteiger partial charge is 0.0876 e. The van der Waals surface area contributed by atoms with Crippen LogP contribution in [0.25, 0.3) is 0 Å². The lowest BCUT2D eigenvalue weighted by Crippen LogP contribution is -2.67. The zero-order valence-electron chi connectivity index (χ0n) is 22.8. The summed E-state index contributed by atoms with van der Waals surface area (Å²) in [5, 5.41) is 0. The zero-order chi connectivity index (χ0) is 29.7. The number of halogens is 7. The second kappa shape index (κ2) is 10.9. The van der Waals surface area contributed by atoms with Gasteiger partial charge in [-0.2, -0.15) is 0 Å². The Kier molecular flexibility index (Phi) is 8.06. The van der Waals surface area contributed by atoms with Gasteiger partial charge in [0.25, 0.3) is 0 Å². The summed E-state index contributed by atoms with van der Waals surface area (Å²) in [5.74, 6) is 0. The summed E-state index contributed by atoms with van der Waals surface area (Å²) < 4.78 is 7.97. The molecule has 0 amide bonds. The minimum absolute atomic E-state index is 0.000853. The van der Waals surface area contributed by atoms with Gasteiger partial charge in [-0.15, -0.1) is 0 Å². The fraction of sp³-hybridized carbons (Fsp3) is 0.294. The van der Waals surface area contributed by atoms with Gasteiger partial charge in [0.15, 0.2) is 0 Å². The summed E-state index contributed by atoms with van der Waals surface area (Å²) in [6.07, 6.45) is 6.85. The highest BCUT2D eigenvalue weighted by atomic mass is 79.9. The van der Waals surface area contributed by atoms with Crippen molar-refractivity contribution < 1.29 is 0 Å². The SMILES string of the molecule is Bc1cc(Br)cc(C23CC4(c5cc(Br)cc(Br)c5)CC(c5cc(Br)cc(Br)c5)(C2)CC(c2cc(Br)cc(Br)c2)(C3)C4)c1. The molecule has 4 aromatic rings. The molecule has 8 heteroatoms. The van der Waals surface area contributed by atoms with E-state index in [4.69, 9.17) is 0 Å². The summed E-state index contributed by atoms with van der Waals surface area (Å²) in [4.78, 5) is 0. The van der Waals surface area contributed by atoms with Crippen molar-refractivity contribution in [2.75, 3.05) is 0 Å². The largest absolute Gasteiger partial charge is 0.139 e. The van der Waals surface area contributed by atoms with E-state index in [9.17, 15) is 0 Å². The highest BCUT2D eigenvalue weighted by molar-refractivity contribution is 9.12. The Morgan fingerprint density at radius 2 is 0.548 bits per heavy atom. The van der Waals surface area contributed by atoms with Crippen molar-refractivity contribution in [3.05, 3.63) is 126 Å². The molecule has 0 nitrogen and oxygen atoms in total. The zero-order valence-corrected chi connectivity index (χ0v) is 33.9. The Bertz CT molecular complexity index is 1390. The van der Waals surface area contributed by atoms with Crippen LogP contribution in [0.1, 0.15) is 60.8 Å². The van der Waals surface area contributed by atoms with Crippen molar-refractivity contribution in [1.82, 2.24) is 0 Å². The van der Waals surface area contributed by atoms with Gasteiger partial charge in [-0.25, -0.2) is 0 Å². The number of hydrogen-bond donors (Lipinski definition) is 0. The molecular weight excluding hydrogens is 979 g/mol. The van der Waals surface area contributed by atoms with Gasteiger partial charge in [0.05, 0.1) is 0 Å². The van der Waals surface area contributed by atoms with Crippen molar-refractivity contribution in [3.8, 4) is 0 Å². The molecule has 0 aromatic heterocycles. The van der Waals surface area contributed by atoms with Gasteiger partial charge in [0.2, 0.25) is 0 Å². The second-order valence-corrected chi connectivity index (χ2v) is 19.6. The van der Waals surface area contributed by atoms with E-state index in [1.54, 1.807) is 0 Å². The third kappa shape index (κ3) is 5.31. The Morgan fingerprint density at radius 3 is 0.786 bits per heavy atom. The van der Waals surface area contributed by atoms with Crippen LogP contribution in [-0.2, 0) is 21.7 Å². The molecule has 0 atom stereocenters. The molecule has 42 heavy (non-hydrogen) atoms. The molecule has 0 spiro atoms. The van der Waals surface area contributed by atoms with Gasteiger partial charge in [-0.1, -0.05) is 129 Å². The lowest BCUT2D eigenvalue weighted by Gasteiger charge is -2.71. The van der Waals surface area contributed by atoms with Crippen molar-refractivity contribution in [2.24, 2.45) is 0 Å². The van der Waals surface area contributed by atoms with E-state index in [0.717, 1.165) is 65.4 Å². The minimum atomic E-state index is 0.000853. The summed E-state index contributed by atoms with van der Waals surface area (Å²) in [6, 6.07) is 28.0. The van der Waals surface area contributed by atoms with Crippen LogP contribution in [-0.4, -0.2) is 7.85 Å². The molecule has 4 saturated carbocycles. The second-order valence-electron chi connectivity index (χ2n) is 13.2. The van der Waals surface area contributed by atoms with Gasteiger partial charge in [0.1, 0.15) is 7.85 Å². The van der Waals surface area contributed by atoms with Crippen LogP contribution in [0.2, 0.25) is 0 Å². The molecule has 0 radical (unpaired) electrons. The normalized spacial score (nSPS) is 29.7.